The van der Waals surface area contributed by atoms with Crippen LogP contribution in [0.3, 0.4) is 0 Å². The fraction of sp³-hybridized carbons (Fsp3) is 0.259. The van der Waals surface area contributed by atoms with E-state index < -0.39 is 6.04 Å². The number of rotatable bonds is 10. The normalized spacial score (nSPS) is 11.7. The van der Waals surface area contributed by atoms with Gasteiger partial charge in [-0.3, -0.25) is 9.59 Å². The number of benzene rings is 3. The van der Waals surface area contributed by atoms with Crippen LogP contribution in [0, 0.1) is 0 Å². The summed E-state index contributed by atoms with van der Waals surface area (Å²) in [6.07, 6.45) is 0.341. The van der Waals surface area contributed by atoms with Crippen LogP contribution < -0.4 is 10.1 Å². The molecule has 0 radical (unpaired) electrons. The van der Waals surface area contributed by atoms with E-state index in [4.69, 9.17) is 39.5 Å². The molecule has 0 heterocycles. The Morgan fingerprint density at radius 1 is 0.886 bits per heavy atom. The van der Waals surface area contributed by atoms with Gasteiger partial charge in [0.2, 0.25) is 5.91 Å². The zero-order valence-electron chi connectivity index (χ0n) is 19.5. The van der Waals surface area contributed by atoms with Crippen molar-refractivity contribution < 1.29 is 14.3 Å². The van der Waals surface area contributed by atoms with Gasteiger partial charge in [-0.05, 0) is 55.3 Å². The summed E-state index contributed by atoms with van der Waals surface area (Å²) in [7, 11) is 0. The van der Waals surface area contributed by atoms with Crippen LogP contribution in [-0.2, 0) is 22.6 Å². The van der Waals surface area contributed by atoms with E-state index in [9.17, 15) is 9.59 Å². The van der Waals surface area contributed by atoms with Crippen molar-refractivity contribution in [3.8, 4) is 5.75 Å². The van der Waals surface area contributed by atoms with E-state index in [1.54, 1.807) is 30.3 Å². The molecular formula is C27H27Cl3N2O3. The van der Waals surface area contributed by atoms with Crippen molar-refractivity contribution in [1.29, 1.82) is 0 Å². The summed E-state index contributed by atoms with van der Waals surface area (Å²) >= 11 is 18.3. The average molecular weight is 534 g/mol. The number of carbonyl (C=O) groups is 2. The maximum Gasteiger partial charge on any atom is 0.261 e. The van der Waals surface area contributed by atoms with Gasteiger partial charge in [0.25, 0.3) is 5.91 Å². The third-order valence-corrected chi connectivity index (χ3v) is 5.95. The van der Waals surface area contributed by atoms with Crippen LogP contribution in [0.2, 0.25) is 15.1 Å². The molecule has 0 fully saturated rings. The lowest BCUT2D eigenvalue weighted by atomic mass is 10.0. The monoisotopic (exact) mass is 532 g/mol. The van der Waals surface area contributed by atoms with Crippen molar-refractivity contribution in [3.63, 3.8) is 0 Å². The minimum atomic E-state index is -0.768. The highest BCUT2D eigenvalue weighted by atomic mass is 35.5. The number of nitrogens with one attached hydrogen (secondary N) is 1. The zero-order valence-corrected chi connectivity index (χ0v) is 21.8. The van der Waals surface area contributed by atoms with Crippen LogP contribution in [0.4, 0.5) is 0 Å². The quantitative estimate of drug-likeness (QED) is 0.338. The second-order valence-electron chi connectivity index (χ2n) is 8.38. The molecule has 0 spiro atoms. The Morgan fingerprint density at radius 3 is 2.23 bits per heavy atom. The van der Waals surface area contributed by atoms with Gasteiger partial charge in [-0.25, -0.2) is 0 Å². The third-order valence-electron chi connectivity index (χ3n) is 5.19. The Kier molecular flexibility index (Phi) is 9.84. The van der Waals surface area contributed by atoms with Crippen molar-refractivity contribution in [1.82, 2.24) is 10.2 Å². The number of nitrogens with zero attached hydrogens (tertiary/aromatic N) is 1. The van der Waals surface area contributed by atoms with Gasteiger partial charge in [-0.15, -0.1) is 0 Å². The first-order chi connectivity index (χ1) is 16.7. The molecule has 0 saturated carbocycles. The Hall–Kier alpha value is -2.73. The Bertz CT molecular complexity index is 1160. The number of ether oxygens (including phenoxy) is 1. The highest BCUT2D eigenvalue weighted by Gasteiger charge is 2.31. The van der Waals surface area contributed by atoms with Gasteiger partial charge in [0.1, 0.15) is 11.8 Å². The molecule has 5 nitrogen and oxygen atoms in total. The number of hydrogen-bond donors (Lipinski definition) is 1. The summed E-state index contributed by atoms with van der Waals surface area (Å²) in [4.78, 5) is 28.4. The van der Waals surface area contributed by atoms with E-state index in [2.05, 4.69) is 5.32 Å². The van der Waals surface area contributed by atoms with Gasteiger partial charge in [0, 0.05) is 29.1 Å². The number of halogens is 3. The average Bonchev–Trinajstić information content (AvgIpc) is 2.81. The molecule has 35 heavy (non-hydrogen) atoms. The standard InChI is InChI=1S/C27H27Cl3N2O3/c1-18(2)31-27(34)24(14-19-7-4-3-5-8-19)32(16-20-9-6-10-21(28)13-20)26(33)17-35-25-12-11-22(29)15-23(25)30/h3-13,15,18,24H,14,16-17H2,1-2H3,(H,31,34). The minimum Gasteiger partial charge on any atom is -0.482 e. The highest BCUT2D eigenvalue weighted by Crippen LogP contribution is 2.27. The number of amides is 2. The predicted molar refractivity (Wildman–Crippen MR) is 141 cm³/mol. The molecule has 0 aliphatic carbocycles. The van der Waals surface area contributed by atoms with Crippen LogP contribution in [0.5, 0.6) is 5.75 Å². The lowest BCUT2D eigenvalue weighted by Gasteiger charge is -2.32. The van der Waals surface area contributed by atoms with E-state index in [1.807, 2.05) is 56.3 Å². The second-order valence-corrected chi connectivity index (χ2v) is 9.66. The lowest BCUT2D eigenvalue weighted by molar-refractivity contribution is -0.143. The molecule has 8 heteroatoms. The van der Waals surface area contributed by atoms with Crippen LogP contribution in [0.15, 0.2) is 72.8 Å². The van der Waals surface area contributed by atoms with Crippen molar-refractivity contribution >= 4 is 46.6 Å². The van der Waals surface area contributed by atoms with Crippen molar-refractivity contribution in [2.45, 2.75) is 38.9 Å². The van der Waals surface area contributed by atoms with Gasteiger partial charge >= 0.3 is 0 Å². The lowest BCUT2D eigenvalue weighted by Crippen LogP contribution is -2.52. The number of hydrogen-bond acceptors (Lipinski definition) is 3. The smallest absolute Gasteiger partial charge is 0.261 e. The fourth-order valence-electron chi connectivity index (χ4n) is 3.58. The SMILES string of the molecule is CC(C)NC(=O)C(Cc1ccccc1)N(Cc1cccc(Cl)c1)C(=O)COc1ccc(Cl)cc1Cl. The van der Waals surface area contributed by atoms with E-state index >= 15 is 0 Å². The fourth-order valence-corrected chi connectivity index (χ4v) is 4.26. The minimum absolute atomic E-state index is 0.0898. The van der Waals surface area contributed by atoms with E-state index in [0.29, 0.717) is 27.2 Å². The van der Waals surface area contributed by atoms with E-state index in [-0.39, 0.29) is 31.0 Å². The predicted octanol–water partition coefficient (Wildman–Crippen LogP) is 6.19. The summed E-state index contributed by atoms with van der Waals surface area (Å²) in [5.74, 6) is -0.280. The molecule has 1 unspecified atom stereocenters. The maximum absolute atomic E-state index is 13.5. The summed E-state index contributed by atoms with van der Waals surface area (Å²) < 4.78 is 5.72. The zero-order chi connectivity index (χ0) is 25.4. The molecule has 3 rings (SSSR count). The van der Waals surface area contributed by atoms with Gasteiger partial charge in [0.15, 0.2) is 6.61 Å². The van der Waals surface area contributed by atoms with Crippen LogP contribution in [-0.4, -0.2) is 35.4 Å². The Labute approximate surface area is 220 Å². The van der Waals surface area contributed by atoms with Gasteiger partial charge in [-0.2, -0.15) is 0 Å². The molecule has 184 valence electrons. The maximum atomic E-state index is 13.5. The van der Waals surface area contributed by atoms with E-state index in [0.717, 1.165) is 11.1 Å². The molecule has 0 aliphatic heterocycles. The summed E-state index contributed by atoms with van der Waals surface area (Å²) in [5.41, 5.74) is 1.73. The molecule has 1 atom stereocenters. The van der Waals surface area contributed by atoms with Crippen molar-refractivity contribution in [3.05, 3.63) is 99.0 Å². The molecule has 0 bridgehead atoms. The van der Waals surface area contributed by atoms with E-state index in [1.165, 1.54) is 4.90 Å². The summed E-state index contributed by atoms with van der Waals surface area (Å²) in [6.45, 7) is 3.64. The van der Waals surface area contributed by atoms with Gasteiger partial charge in [-0.1, -0.05) is 77.3 Å². The van der Waals surface area contributed by atoms with Crippen LogP contribution in [0.1, 0.15) is 25.0 Å². The first-order valence-electron chi connectivity index (χ1n) is 11.2. The summed E-state index contributed by atoms with van der Waals surface area (Å²) in [6, 6.07) is 20.7. The number of carbonyl (C=O) groups excluding carboxylic acids is 2. The molecule has 0 saturated heterocycles. The van der Waals surface area contributed by atoms with Crippen molar-refractivity contribution in [2.24, 2.45) is 0 Å². The summed E-state index contributed by atoms with van der Waals surface area (Å²) in [5, 5.41) is 4.25. The first kappa shape index (κ1) is 26.9. The Morgan fingerprint density at radius 2 is 1.57 bits per heavy atom. The van der Waals surface area contributed by atoms with Crippen molar-refractivity contribution in [2.75, 3.05) is 6.61 Å². The molecule has 0 aromatic heterocycles. The van der Waals surface area contributed by atoms with Gasteiger partial charge in [0.05, 0.1) is 5.02 Å². The molecule has 2 amide bonds. The highest BCUT2D eigenvalue weighted by molar-refractivity contribution is 6.35. The molecule has 0 aliphatic rings. The van der Waals surface area contributed by atoms with Gasteiger partial charge < -0.3 is 15.0 Å². The van der Waals surface area contributed by atoms with Crippen LogP contribution in [0.25, 0.3) is 0 Å². The third kappa shape index (κ3) is 8.17. The van der Waals surface area contributed by atoms with Crippen LogP contribution >= 0.6 is 34.8 Å². The second kappa shape index (κ2) is 12.8. The first-order valence-corrected chi connectivity index (χ1v) is 12.3. The topological polar surface area (TPSA) is 58.6 Å². The molecule has 3 aromatic carbocycles. The molecular weight excluding hydrogens is 507 g/mol. The molecule has 1 N–H and O–H groups in total. The Balaban J connectivity index is 1.92. The molecule has 3 aromatic rings. The largest absolute Gasteiger partial charge is 0.482 e.